The largest absolute Gasteiger partial charge is 0.381 e. The van der Waals surface area contributed by atoms with Crippen molar-refractivity contribution in [1.29, 1.82) is 0 Å². The molecular weight excluding hydrogens is 388 g/mol. The molecule has 4 aromatic rings. The van der Waals surface area contributed by atoms with Crippen LogP contribution in [0.25, 0.3) is 5.65 Å². The van der Waals surface area contributed by atoms with Crippen LogP contribution in [0.2, 0.25) is 0 Å². The average Bonchev–Trinajstić information content (AvgIpc) is 3.22. The van der Waals surface area contributed by atoms with E-state index in [0.717, 1.165) is 43.1 Å². The van der Waals surface area contributed by atoms with Crippen molar-refractivity contribution < 1.29 is 4.74 Å². The van der Waals surface area contributed by atoms with Crippen molar-refractivity contribution in [3.63, 3.8) is 0 Å². The standard InChI is InChI=1S/C25H26N4O2/c1-18-6-5-9-20(14-18)15-22-17-29-23(21-10-12-31-13-11-21)26-27-24(29)25(30)28(22)16-19-7-3-2-4-8-19/h2-9,14,17,21H,10-13,15-16H2,1H3. The quantitative estimate of drug-likeness (QED) is 0.499. The Labute approximate surface area is 181 Å². The van der Waals surface area contributed by atoms with Crippen LogP contribution in [0.3, 0.4) is 0 Å². The molecule has 2 aromatic heterocycles. The SMILES string of the molecule is Cc1cccc(Cc2cn3c(C4CCOCC4)nnc3c(=O)n2Cc2ccccc2)c1. The first-order valence-electron chi connectivity index (χ1n) is 10.8. The van der Waals surface area contributed by atoms with E-state index in [1.54, 1.807) is 0 Å². The summed E-state index contributed by atoms with van der Waals surface area (Å²) in [6.07, 6.45) is 4.54. The first-order valence-corrected chi connectivity index (χ1v) is 10.8. The Kier molecular flexibility index (Phi) is 5.38. The number of aromatic nitrogens is 4. The minimum Gasteiger partial charge on any atom is -0.381 e. The molecule has 1 aliphatic heterocycles. The smallest absolute Gasteiger partial charge is 0.296 e. The second-order valence-corrected chi connectivity index (χ2v) is 8.30. The van der Waals surface area contributed by atoms with Gasteiger partial charge in [-0.25, -0.2) is 0 Å². The molecule has 0 atom stereocenters. The molecular formula is C25H26N4O2. The Hall–Kier alpha value is -3.25. The molecule has 158 valence electrons. The topological polar surface area (TPSA) is 61.4 Å². The Bertz CT molecular complexity index is 1250. The summed E-state index contributed by atoms with van der Waals surface area (Å²) in [5.41, 5.74) is 4.73. The molecule has 0 unspecified atom stereocenters. The van der Waals surface area contributed by atoms with Gasteiger partial charge in [0.05, 0.1) is 6.54 Å². The maximum Gasteiger partial charge on any atom is 0.296 e. The van der Waals surface area contributed by atoms with Crippen molar-refractivity contribution in [3.05, 3.63) is 99.4 Å². The molecule has 0 amide bonds. The maximum absolute atomic E-state index is 13.5. The molecule has 31 heavy (non-hydrogen) atoms. The number of nitrogens with zero attached hydrogens (tertiary/aromatic N) is 4. The van der Waals surface area contributed by atoms with Crippen LogP contribution in [0.5, 0.6) is 0 Å². The molecule has 2 aromatic carbocycles. The number of benzene rings is 2. The van der Waals surface area contributed by atoms with Gasteiger partial charge in [0.2, 0.25) is 5.65 Å². The Balaban J connectivity index is 1.64. The summed E-state index contributed by atoms with van der Waals surface area (Å²) in [4.78, 5) is 13.5. The fraction of sp³-hybridized carbons (Fsp3) is 0.320. The number of aryl methyl sites for hydroxylation is 1. The van der Waals surface area contributed by atoms with E-state index in [1.807, 2.05) is 39.3 Å². The number of ether oxygens (including phenoxy) is 1. The highest BCUT2D eigenvalue weighted by Crippen LogP contribution is 2.26. The van der Waals surface area contributed by atoms with Gasteiger partial charge in [-0.15, -0.1) is 10.2 Å². The fourth-order valence-corrected chi connectivity index (χ4v) is 4.39. The molecule has 0 radical (unpaired) electrons. The third-order valence-electron chi connectivity index (χ3n) is 6.02. The van der Waals surface area contributed by atoms with Crippen LogP contribution < -0.4 is 5.56 Å². The summed E-state index contributed by atoms with van der Waals surface area (Å²) in [6, 6.07) is 18.5. The van der Waals surface area contributed by atoms with Gasteiger partial charge in [0.1, 0.15) is 5.82 Å². The van der Waals surface area contributed by atoms with Gasteiger partial charge in [-0.05, 0) is 30.9 Å². The zero-order chi connectivity index (χ0) is 21.2. The van der Waals surface area contributed by atoms with Gasteiger partial charge in [-0.1, -0.05) is 60.2 Å². The van der Waals surface area contributed by atoms with Crippen molar-refractivity contribution in [2.75, 3.05) is 13.2 Å². The Morgan fingerprint density at radius 1 is 1.00 bits per heavy atom. The zero-order valence-electron chi connectivity index (χ0n) is 17.7. The van der Waals surface area contributed by atoms with Crippen molar-refractivity contribution in [2.45, 2.75) is 38.6 Å². The highest BCUT2D eigenvalue weighted by Gasteiger charge is 2.23. The van der Waals surface area contributed by atoms with E-state index in [-0.39, 0.29) is 11.5 Å². The molecule has 6 nitrogen and oxygen atoms in total. The van der Waals surface area contributed by atoms with E-state index in [9.17, 15) is 4.79 Å². The van der Waals surface area contributed by atoms with Crippen LogP contribution >= 0.6 is 0 Å². The van der Waals surface area contributed by atoms with Crippen molar-refractivity contribution in [1.82, 2.24) is 19.2 Å². The molecule has 0 spiro atoms. The normalized spacial score (nSPS) is 14.9. The first kappa shape index (κ1) is 19.7. The number of fused-ring (bicyclic) bond motifs is 1. The van der Waals surface area contributed by atoms with Crippen LogP contribution in [-0.4, -0.2) is 32.4 Å². The minimum atomic E-state index is -0.0974. The molecule has 0 aliphatic carbocycles. The highest BCUT2D eigenvalue weighted by atomic mass is 16.5. The zero-order valence-corrected chi connectivity index (χ0v) is 17.7. The van der Waals surface area contributed by atoms with Gasteiger partial charge in [0.25, 0.3) is 5.56 Å². The van der Waals surface area contributed by atoms with Crippen LogP contribution in [0.1, 0.15) is 47.0 Å². The van der Waals surface area contributed by atoms with Gasteiger partial charge in [-0.3, -0.25) is 9.20 Å². The molecule has 1 fully saturated rings. The Morgan fingerprint density at radius 2 is 1.77 bits per heavy atom. The molecule has 5 rings (SSSR count). The number of hydrogen-bond acceptors (Lipinski definition) is 4. The summed E-state index contributed by atoms with van der Waals surface area (Å²) in [7, 11) is 0. The lowest BCUT2D eigenvalue weighted by Gasteiger charge is -2.21. The van der Waals surface area contributed by atoms with E-state index < -0.39 is 0 Å². The maximum atomic E-state index is 13.5. The van der Waals surface area contributed by atoms with E-state index in [0.29, 0.717) is 18.6 Å². The Morgan fingerprint density at radius 3 is 2.55 bits per heavy atom. The van der Waals surface area contributed by atoms with E-state index >= 15 is 0 Å². The van der Waals surface area contributed by atoms with Crippen LogP contribution in [-0.2, 0) is 17.7 Å². The average molecular weight is 415 g/mol. The summed E-state index contributed by atoms with van der Waals surface area (Å²) >= 11 is 0. The van der Waals surface area contributed by atoms with Gasteiger partial charge in [-0.2, -0.15) is 0 Å². The van der Waals surface area contributed by atoms with Crippen LogP contribution in [0.15, 0.2) is 65.6 Å². The van der Waals surface area contributed by atoms with E-state index in [4.69, 9.17) is 4.74 Å². The van der Waals surface area contributed by atoms with Gasteiger partial charge >= 0.3 is 0 Å². The van der Waals surface area contributed by atoms with Crippen molar-refractivity contribution >= 4 is 5.65 Å². The molecule has 0 N–H and O–H groups in total. The summed E-state index contributed by atoms with van der Waals surface area (Å²) in [5, 5.41) is 8.73. The second kappa shape index (κ2) is 8.47. The first-order chi connectivity index (χ1) is 15.2. The molecule has 3 heterocycles. The lowest BCUT2D eigenvalue weighted by atomic mass is 9.99. The lowest BCUT2D eigenvalue weighted by molar-refractivity contribution is 0.0834. The molecule has 6 heteroatoms. The summed E-state index contributed by atoms with van der Waals surface area (Å²) in [6.45, 7) is 4.05. The molecule has 0 saturated carbocycles. The fourth-order valence-electron chi connectivity index (χ4n) is 4.39. The van der Waals surface area contributed by atoms with Gasteiger partial charge in [0.15, 0.2) is 0 Å². The summed E-state index contributed by atoms with van der Waals surface area (Å²) in [5.74, 6) is 1.13. The second-order valence-electron chi connectivity index (χ2n) is 8.30. The molecule has 0 bridgehead atoms. The third-order valence-corrected chi connectivity index (χ3v) is 6.02. The van der Waals surface area contributed by atoms with Crippen LogP contribution in [0, 0.1) is 6.92 Å². The third kappa shape index (κ3) is 4.03. The van der Waals surface area contributed by atoms with Crippen molar-refractivity contribution in [2.24, 2.45) is 0 Å². The van der Waals surface area contributed by atoms with Gasteiger partial charge < -0.3 is 9.30 Å². The molecule has 1 saturated heterocycles. The predicted molar refractivity (Wildman–Crippen MR) is 120 cm³/mol. The van der Waals surface area contributed by atoms with Gasteiger partial charge in [0, 0.05) is 37.4 Å². The highest BCUT2D eigenvalue weighted by molar-refractivity contribution is 5.39. The minimum absolute atomic E-state index is 0.0974. The summed E-state index contributed by atoms with van der Waals surface area (Å²) < 4.78 is 9.27. The lowest BCUT2D eigenvalue weighted by Crippen LogP contribution is -2.27. The monoisotopic (exact) mass is 414 g/mol. The predicted octanol–water partition coefficient (Wildman–Crippen LogP) is 3.73. The number of hydrogen-bond donors (Lipinski definition) is 0. The molecule has 1 aliphatic rings. The van der Waals surface area contributed by atoms with E-state index in [2.05, 4.69) is 47.6 Å². The number of rotatable bonds is 5. The van der Waals surface area contributed by atoms with Crippen LogP contribution in [0.4, 0.5) is 0 Å². The van der Waals surface area contributed by atoms with Crippen molar-refractivity contribution in [3.8, 4) is 0 Å². The van der Waals surface area contributed by atoms with E-state index in [1.165, 1.54) is 11.1 Å².